The summed E-state index contributed by atoms with van der Waals surface area (Å²) in [6.07, 6.45) is 2.00. The van der Waals surface area contributed by atoms with Crippen molar-refractivity contribution in [1.29, 1.82) is 0 Å². The van der Waals surface area contributed by atoms with Crippen LogP contribution in [0.2, 0.25) is 0 Å². The molecule has 0 aliphatic carbocycles. The lowest BCUT2D eigenvalue weighted by atomic mass is 10.0. The largest absolute Gasteiger partial charge is 0.497 e. The van der Waals surface area contributed by atoms with Gasteiger partial charge in [0, 0.05) is 43.9 Å². The molecule has 0 unspecified atom stereocenters. The zero-order valence-corrected chi connectivity index (χ0v) is 20.3. The van der Waals surface area contributed by atoms with Crippen LogP contribution in [0.15, 0.2) is 79.0 Å². The molecular weight excluding hydrogens is 439 g/mol. The molecular formula is C29H31FN4O. The van der Waals surface area contributed by atoms with Gasteiger partial charge in [-0.2, -0.15) is 5.10 Å². The van der Waals surface area contributed by atoms with Crippen molar-refractivity contribution in [1.82, 2.24) is 19.6 Å². The molecule has 1 aromatic heterocycles. The molecule has 6 heteroatoms. The molecule has 1 aliphatic rings. The normalized spacial score (nSPS) is 14.8. The SMILES string of the molecule is CCN1CCN(Cc2cnn(-c3ccc(-c4ccc(F)cc4)cc3)c2-c2ccc(OC)cc2)CC1. The summed E-state index contributed by atoms with van der Waals surface area (Å²) in [7, 11) is 1.68. The van der Waals surface area contributed by atoms with Gasteiger partial charge in [0.2, 0.25) is 0 Å². The molecule has 180 valence electrons. The van der Waals surface area contributed by atoms with E-state index < -0.39 is 0 Å². The number of ether oxygens (including phenoxy) is 1. The van der Waals surface area contributed by atoms with E-state index in [0.717, 1.165) is 73.1 Å². The number of likely N-dealkylation sites (N-methyl/N-ethyl adjacent to an activating group) is 1. The molecule has 0 saturated carbocycles. The van der Waals surface area contributed by atoms with E-state index in [1.54, 1.807) is 19.2 Å². The van der Waals surface area contributed by atoms with Crippen molar-refractivity contribution in [2.75, 3.05) is 39.8 Å². The first-order chi connectivity index (χ1) is 17.1. The van der Waals surface area contributed by atoms with Crippen LogP contribution in [0.5, 0.6) is 5.75 Å². The summed E-state index contributed by atoms with van der Waals surface area (Å²) in [5, 5.41) is 4.81. The number of nitrogens with zero attached hydrogens (tertiary/aromatic N) is 4. The quantitative estimate of drug-likeness (QED) is 0.358. The Morgan fingerprint density at radius 1 is 0.771 bits per heavy atom. The highest BCUT2D eigenvalue weighted by molar-refractivity contribution is 5.68. The van der Waals surface area contributed by atoms with Gasteiger partial charge in [-0.3, -0.25) is 4.90 Å². The van der Waals surface area contributed by atoms with E-state index in [1.165, 1.54) is 17.7 Å². The van der Waals surface area contributed by atoms with E-state index in [-0.39, 0.29) is 5.82 Å². The molecule has 0 N–H and O–H groups in total. The summed E-state index contributed by atoms with van der Waals surface area (Å²) in [5.41, 5.74) is 6.43. The third-order valence-corrected chi connectivity index (χ3v) is 6.80. The van der Waals surface area contributed by atoms with Crippen molar-refractivity contribution in [2.24, 2.45) is 0 Å². The molecule has 4 aromatic rings. The predicted octanol–water partition coefficient (Wildman–Crippen LogP) is 5.49. The van der Waals surface area contributed by atoms with Gasteiger partial charge in [-0.1, -0.05) is 31.2 Å². The summed E-state index contributed by atoms with van der Waals surface area (Å²) in [4.78, 5) is 5.01. The van der Waals surface area contributed by atoms with Crippen molar-refractivity contribution >= 4 is 0 Å². The molecule has 0 atom stereocenters. The predicted molar refractivity (Wildman–Crippen MR) is 138 cm³/mol. The first-order valence-corrected chi connectivity index (χ1v) is 12.2. The number of piperazine rings is 1. The standard InChI is InChI=1S/C29H31FN4O/c1-3-32-16-18-33(19-17-32)21-25-20-31-34(29(25)24-8-14-28(35-2)15-9-24)27-12-6-23(7-13-27)22-4-10-26(30)11-5-22/h4-15,20H,3,16-19,21H2,1-2H3. The van der Waals surface area contributed by atoms with E-state index in [4.69, 9.17) is 9.84 Å². The van der Waals surface area contributed by atoms with E-state index in [9.17, 15) is 4.39 Å². The van der Waals surface area contributed by atoms with Crippen molar-refractivity contribution in [3.63, 3.8) is 0 Å². The molecule has 0 radical (unpaired) electrons. The fraction of sp³-hybridized carbons (Fsp3) is 0.276. The van der Waals surface area contributed by atoms with Crippen LogP contribution in [0.4, 0.5) is 4.39 Å². The Morgan fingerprint density at radius 2 is 1.34 bits per heavy atom. The number of halogens is 1. The van der Waals surface area contributed by atoms with Gasteiger partial charge in [-0.15, -0.1) is 0 Å². The second-order valence-electron chi connectivity index (χ2n) is 8.92. The van der Waals surface area contributed by atoms with Crippen LogP contribution in [-0.2, 0) is 6.54 Å². The van der Waals surface area contributed by atoms with E-state index >= 15 is 0 Å². The highest BCUT2D eigenvalue weighted by atomic mass is 19.1. The van der Waals surface area contributed by atoms with Gasteiger partial charge in [-0.05, 0) is 66.2 Å². The summed E-state index contributed by atoms with van der Waals surface area (Å²) < 4.78 is 20.7. The van der Waals surface area contributed by atoms with Crippen LogP contribution >= 0.6 is 0 Å². The van der Waals surface area contributed by atoms with Crippen LogP contribution in [0, 0.1) is 5.82 Å². The van der Waals surface area contributed by atoms with Gasteiger partial charge >= 0.3 is 0 Å². The zero-order valence-electron chi connectivity index (χ0n) is 20.3. The average Bonchev–Trinajstić information content (AvgIpc) is 3.33. The van der Waals surface area contributed by atoms with Crippen LogP contribution < -0.4 is 4.74 Å². The summed E-state index contributed by atoms with van der Waals surface area (Å²) >= 11 is 0. The maximum absolute atomic E-state index is 13.3. The minimum absolute atomic E-state index is 0.227. The van der Waals surface area contributed by atoms with Crippen LogP contribution in [0.1, 0.15) is 12.5 Å². The molecule has 0 amide bonds. The van der Waals surface area contributed by atoms with Crippen LogP contribution in [0.3, 0.4) is 0 Å². The van der Waals surface area contributed by atoms with Gasteiger partial charge in [0.05, 0.1) is 24.7 Å². The summed E-state index contributed by atoms with van der Waals surface area (Å²) in [5.74, 6) is 0.607. The van der Waals surface area contributed by atoms with Crippen LogP contribution in [0.25, 0.3) is 28.1 Å². The van der Waals surface area contributed by atoms with Crippen LogP contribution in [-0.4, -0.2) is 59.4 Å². The molecule has 3 aromatic carbocycles. The second-order valence-corrected chi connectivity index (χ2v) is 8.92. The maximum atomic E-state index is 13.3. The minimum Gasteiger partial charge on any atom is -0.497 e. The first kappa shape index (κ1) is 23.3. The summed E-state index contributed by atoms with van der Waals surface area (Å²) in [6, 6.07) is 23.0. The van der Waals surface area contributed by atoms with E-state index in [0.29, 0.717) is 0 Å². The number of rotatable bonds is 7. The van der Waals surface area contributed by atoms with Gasteiger partial charge in [0.15, 0.2) is 0 Å². The Balaban J connectivity index is 1.47. The number of methoxy groups -OCH3 is 1. The third-order valence-electron chi connectivity index (χ3n) is 6.80. The Hall–Kier alpha value is -3.48. The van der Waals surface area contributed by atoms with Gasteiger partial charge in [-0.25, -0.2) is 9.07 Å². The van der Waals surface area contributed by atoms with E-state index in [1.807, 2.05) is 23.0 Å². The zero-order chi connectivity index (χ0) is 24.2. The highest BCUT2D eigenvalue weighted by Crippen LogP contribution is 2.30. The average molecular weight is 471 g/mol. The van der Waals surface area contributed by atoms with Gasteiger partial charge < -0.3 is 9.64 Å². The second kappa shape index (κ2) is 10.4. The Kier molecular flexibility index (Phi) is 6.93. The lowest BCUT2D eigenvalue weighted by Crippen LogP contribution is -2.45. The van der Waals surface area contributed by atoms with E-state index in [2.05, 4.69) is 53.1 Å². The van der Waals surface area contributed by atoms with Crippen molar-refractivity contribution < 1.29 is 9.13 Å². The molecule has 0 bridgehead atoms. The lowest BCUT2D eigenvalue weighted by molar-refractivity contribution is 0.132. The molecule has 0 spiro atoms. The molecule has 35 heavy (non-hydrogen) atoms. The first-order valence-electron chi connectivity index (χ1n) is 12.2. The monoisotopic (exact) mass is 470 g/mol. The van der Waals surface area contributed by atoms with Gasteiger partial charge in [0.25, 0.3) is 0 Å². The third kappa shape index (κ3) is 5.14. The highest BCUT2D eigenvalue weighted by Gasteiger charge is 2.20. The molecule has 1 fully saturated rings. The molecule has 1 aliphatic heterocycles. The number of hydrogen-bond acceptors (Lipinski definition) is 4. The summed E-state index contributed by atoms with van der Waals surface area (Å²) in [6.45, 7) is 8.54. The Labute approximate surface area is 206 Å². The van der Waals surface area contributed by atoms with Crippen molar-refractivity contribution in [2.45, 2.75) is 13.5 Å². The number of aromatic nitrogens is 2. The molecule has 5 rings (SSSR count). The number of hydrogen-bond donors (Lipinski definition) is 0. The maximum Gasteiger partial charge on any atom is 0.123 e. The molecule has 1 saturated heterocycles. The number of benzene rings is 3. The van der Waals surface area contributed by atoms with Crippen molar-refractivity contribution in [3.8, 4) is 33.8 Å². The lowest BCUT2D eigenvalue weighted by Gasteiger charge is -2.34. The molecule has 2 heterocycles. The van der Waals surface area contributed by atoms with Gasteiger partial charge in [0.1, 0.15) is 11.6 Å². The molecule has 5 nitrogen and oxygen atoms in total. The topological polar surface area (TPSA) is 33.5 Å². The minimum atomic E-state index is -0.227. The fourth-order valence-corrected chi connectivity index (χ4v) is 4.69. The van der Waals surface area contributed by atoms with Crippen molar-refractivity contribution in [3.05, 3.63) is 90.4 Å². The Bertz CT molecular complexity index is 1240. The fourth-order valence-electron chi connectivity index (χ4n) is 4.69. The smallest absolute Gasteiger partial charge is 0.123 e. The Morgan fingerprint density at radius 3 is 1.94 bits per heavy atom.